The van der Waals surface area contributed by atoms with Crippen molar-refractivity contribution in [1.82, 2.24) is 10.2 Å². The highest BCUT2D eigenvalue weighted by atomic mass is 16.4. The van der Waals surface area contributed by atoms with E-state index in [9.17, 15) is 9.59 Å². The Balaban J connectivity index is 1.99. The molecule has 0 aliphatic carbocycles. The van der Waals surface area contributed by atoms with Crippen LogP contribution in [0.25, 0.3) is 0 Å². The highest BCUT2D eigenvalue weighted by Gasteiger charge is 2.12. The molecule has 0 radical (unpaired) electrons. The van der Waals surface area contributed by atoms with Crippen LogP contribution in [0.15, 0.2) is 30.3 Å². The van der Waals surface area contributed by atoms with Gasteiger partial charge in [0.05, 0.1) is 5.92 Å². The van der Waals surface area contributed by atoms with E-state index < -0.39 is 11.9 Å². The van der Waals surface area contributed by atoms with Gasteiger partial charge in [-0.3, -0.25) is 14.7 Å². The Labute approximate surface area is 122 Å². The molecule has 6 heteroatoms. The predicted molar refractivity (Wildman–Crippen MR) is 78.2 cm³/mol. The number of hydrogen-bond acceptors (Lipinski definition) is 3. The van der Waals surface area contributed by atoms with Gasteiger partial charge >= 0.3 is 5.97 Å². The second kappa shape index (κ2) is 6.21. The fraction of sp³-hybridized carbons (Fsp3) is 0.267. The molecule has 0 bridgehead atoms. The minimum absolute atomic E-state index is 0.286. The molecule has 1 unspecified atom stereocenters. The van der Waals surface area contributed by atoms with Gasteiger partial charge in [-0.1, -0.05) is 19.1 Å². The molecule has 3 N–H and O–H groups in total. The summed E-state index contributed by atoms with van der Waals surface area (Å²) in [5, 5.41) is 18.2. The molecular formula is C15H17N3O3. The maximum absolute atomic E-state index is 11.9. The molecule has 1 aromatic carbocycles. The van der Waals surface area contributed by atoms with Crippen LogP contribution in [-0.4, -0.2) is 27.2 Å². The number of aromatic nitrogens is 2. The summed E-state index contributed by atoms with van der Waals surface area (Å²) in [6, 6.07) is 8.79. The highest BCUT2D eigenvalue weighted by Crippen LogP contribution is 2.14. The molecule has 21 heavy (non-hydrogen) atoms. The van der Waals surface area contributed by atoms with Crippen molar-refractivity contribution >= 4 is 17.6 Å². The SMILES string of the molecule is Cc1cc(C(=O)Nc2ccc(CC(C)C(=O)O)cc2)n[nH]1. The number of hydrogen-bond donors (Lipinski definition) is 3. The minimum Gasteiger partial charge on any atom is -0.481 e. The molecule has 2 aromatic rings. The quantitative estimate of drug-likeness (QED) is 0.786. The van der Waals surface area contributed by atoms with E-state index in [1.165, 1.54) is 0 Å². The first-order valence-electron chi connectivity index (χ1n) is 6.61. The fourth-order valence-electron chi connectivity index (χ4n) is 1.89. The molecule has 110 valence electrons. The Morgan fingerprint density at radius 3 is 2.52 bits per heavy atom. The molecule has 0 spiro atoms. The van der Waals surface area contributed by atoms with Gasteiger partial charge < -0.3 is 10.4 Å². The van der Waals surface area contributed by atoms with Gasteiger partial charge in [0, 0.05) is 11.4 Å². The Bertz CT molecular complexity index is 646. The van der Waals surface area contributed by atoms with Gasteiger partial charge in [-0.25, -0.2) is 0 Å². The maximum atomic E-state index is 11.9. The van der Waals surface area contributed by atoms with Crippen molar-refractivity contribution in [2.75, 3.05) is 5.32 Å². The first kappa shape index (κ1) is 14.8. The van der Waals surface area contributed by atoms with Gasteiger partial charge in [-0.15, -0.1) is 0 Å². The highest BCUT2D eigenvalue weighted by molar-refractivity contribution is 6.02. The van der Waals surface area contributed by atoms with E-state index in [0.717, 1.165) is 11.3 Å². The zero-order valence-electron chi connectivity index (χ0n) is 11.9. The number of carbonyl (C=O) groups excluding carboxylic acids is 1. The number of anilines is 1. The number of carboxylic acids is 1. The van der Waals surface area contributed by atoms with Crippen LogP contribution in [0.2, 0.25) is 0 Å². The number of aryl methyl sites for hydroxylation is 1. The average molecular weight is 287 g/mol. The van der Waals surface area contributed by atoms with Crippen molar-refractivity contribution in [2.45, 2.75) is 20.3 Å². The third kappa shape index (κ3) is 3.92. The lowest BCUT2D eigenvalue weighted by Gasteiger charge is -2.08. The number of amides is 1. The number of carboxylic acid groups (broad SMARTS) is 1. The fourth-order valence-corrected chi connectivity index (χ4v) is 1.89. The summed E-state index contributed by atoms with van der Waals surface area (Å²) in [4.78, 5) is 22.7. The lowest BCUT2D eigenvalue weighted by Crippen LogP contribution is -2.13. The molecule has 0 aliphatic rings. The van der Waals surface area contributed by atoms with Gasteiger partial charge in [0.15, 0.2) is 5.69 Å². The number of aromatic amines is 1. The number of rotatable bonds is 5. The first-order chi connectivity index (χ1) is 9.95. The Morgan fingerprint density at radius 2 is 2.00 bits per heavy atom. The third-order valence-electron chi connectivity index (χ3n) is 3.11. The van der Waals surface area contributed by atoms with Gasteiger partial charge in [0.1, 0.15) is 0 Å². The first-order valence-corrected chi connectivity index (χ1v) is 6.61. The molecule has 2 rings (SSSR count). The average Bonchev–Trinajstić information content (AvgIpc) is 2.87. The van der Waals surface area contributed by atoms with E-state index in [-0.39, 0.29) is 5.91 Å². The van der Waals surface area contributed by atoms with Crippen LogP contribution in [0.5, 0.6) is 0 Å². The minimum atomic E-state index is -0.818. The maximum Gasteiger partial charge on any atom is 0.306 e. The lowest BCUT2D eigenvalue weighted by atomic mass is 10.0. The van der Waals surface area contributed by atoms with Gasteiger partial charge in [-0.05, 0) is 37.1 Å². The monoisotopic (exact) mass is 287 g/mol. The largest absolute Gasteiger partial charge is 0.481 e. The number of benzene rings is 1. The smallest absolute Gasteiger partial charge is 0.306 e. The molecule has 0 saturated heterocycles. The van der Waals surface area contributed by atoms with Crippen LogP contribution < -0.4 is 5.32 Å². The van der Waals surface area contributed by atoms with Crippen molar-refractivity contribution in [1.29, 1.82) is 0 Å². The van der Waals surface area contributed by atoms with Gasteiger partial charge in [-0.2, -0.15) is 5.10 Å². The van der Waals surface area contributed by atoms with Crippen LogP contribution in [0, 0.1) is 12.8 Å². The Morgan fingerprint density at radius 1 is 1.33 bits per heavy atom. The standard InChI is InChI=1S/C15H17N3O3/c1-9(15(20)21)7-11-3-5-12(6-4-11)16-14(19)13-8-10(2)17-18-13/h3-6,8-9H,7H2,1-2H3,(H,16,19)(H,17,18)(H,20,21). The molecule has 1 atom stereocenters. The normalized spacial score (nSPS) is 11.9. The van der Waals surface area contributed by atoms with E-state index in [1.807, 2.05) is 19.1 Å². The Kier molecular flexibility index (Phi) is 4.37. The van der Waals surface area contributed by atoms with Crippen LogP contribution >= 0.6 is 0 Å². The summed E-state index contributed by atoms with van der Waals surface area (Å²) in [7, 11) is 0. The number of aliphatic carboxylic acids is 1. The van der Waals surface area contributed by atoms with Crippen LogP contribution in [0.1, 0.15) is 28.7 Å². The molecule has 0 fully saturated rings. The number of nitrogens with one attached hydrogen (secondary N) is 2. The Hall–Kier alpha value is -2.63. The van der Waals surface area contributed by atoms with E-state index in [1.54, 1.807) is 25.1 Å². The van der Waals surface area contributed by atoms with E-state index in [0.29, 0.717) is 17.8 Å². The summed E-state index contributed by atoms with van der Waals surface area (Å²) in [5.41, 5.74) is 2.71. The van der Waals surface area contributed by atoms with Crippen molar-refractivity contribution < 1.29 is 14.7 Å². The summed E-state index contributed by atoms with van der Waals surface area (Å²) < 4.78 is 0. The summed E-state index contributed by atoms with van der Waals surface area (Å²) in [6.07, 6.45) is 0.460. The summed E-state index contributed by atoms with van der Waals surface area (Å²) in [6.45, 7) is 3.49. The number of carbonyl (C=O) groups is 2. The van der Waals surface area contributed by atoms with E-state index in [4.69, 9.17) is 5.11 Å². The van der Waals surface area contributed by atoms with Crippen LogP contribution in [0.3, 0.4) is 0 Å². The summed E-state index contributed by atoms with van der Waals surface area (Å²) in [5.74, 6) is -1.54. The van der Waals surface area contributed by atoms with Crippen molar-refractivity contribution in [3.63, 3.8) is 0 Å². The van der Waals surface area contributed by atoms with Crippen molar-refractivity contribution in [3.05, 3.63) is 47.3 Å². The summed E-state index contributed by atoms with van der Waals surface area (Å²) >= 11 is 0. The van der Waals surface area contributed by atoms with E-state index in [2.05, 4.69) is 15.5 Å². The molecule has 6 nitrogen and oxygen atoms in total. The van der Waals surface area contributed by atoms with E-state index >= 15 is 0 Å². The van der Waals surface area contributed by atoms with Crippen molar-refractivity contribution in [2.24, 2.45) is 5.92 Å². The molecule has 1 aromatic heterocycles. The van der Waals surface area contributed by atoms with Gasteiger partial charge in [0.2, 0.25) is 0 Å². The molecule has 0 saturated carbocycles. The molecule has 1 heterocycles. The van der Waals surface area contributed by atoms with Gasteiger partial charge in [0.25, 0.3) is 5.91 Å². The molecular weight excluding hydrogens is 270 g/mol. The lowest BCUT2D eigenvalue weighted by molar-refractivity contribution is -0.141. The predicted octanol–water partition coefficient (Wildman–Crippen LogP) is 2.23. The number of nitrogens with zero attached hydrogens (tertiary/aromatic N) is 1. The van der Waals surface area contributed by atoms with Crippen molar-refractivity contribution in [3.8, 4) is 0 Å². The zero-order chi connectivity index (χ0) is 15.4. The van der Waals surface area contributed by atoms with Crippen LogP contribution in [-0.2, 0) is 11.2 Å². The second-order valence-electron chi connectivity index (χ2n) is 5.03. The zero-order valence-corrected chi connectivity index (χ0v) is 11.9. The molecule has 0 aliphatic heterocycles. The van der Waals surface area contributed by atoms with Crippen LogP contribution in [0.4, 0.5) is 5.69 Å². The third-order valence-corrected chi connectivity index (χ3v) is 3.11. The molecule has 1 amide bonds. The second-order valence-corrected chi connectivity index (χ2v) is 5.03. The topological polar surface area (TPSA) is 95.1 Å². The number of H-pyrrole nitrogens is 1.